The first-order valence-corrected chi connectivity index (χ1v) is 7.71. The van der Waals surface area contributed by atoms with Crippen molar-refractivity contribution in [2.24, 2.45) is 0 Å². The lowest BCUT2D eigenvalue weighted by Crippen LogP contribution is -2.11. The molecule has 1 fully saturated rings. The van der Waals surface area contributed by atoms with Gasteiger partial charge < -0.3 is 0 Å². The molecule has 1 saturated carbocycles. The molecule has 0 saturated heterocycles. The summed E-state index contributed by atoms with van der Waals surface area (Å²) in [6, 6.07) is 9.70. The zero-order valence-corrected chi connectivity index (χ0v) is 11.6. The second kappa shape index (κ2) is 5.50. The van der Waals surface area contributed by atoms with E-state index in [2.05, 4.69) is 0 Å². The smallest absolute Gasteiger partial charge is 0.127 e. The SMILES string of the molecule is [B]C1CCC(c2ccc(-c3cccs3)cc2F)CC1. The van der Waals surface area contributed by atoms with Crippen LogP contribution in [-0.2, 0) is 0 Å². The topological polar surface area (TPSA) is 0 Å². The van der Waals surface area contributed by atoms with E-state index >= 15 is 0 Å². The predicted octanol–water partition coefficient (Wildman–Crippen LogP) is 5.17. The van der Waals surface area contributed by atoms with E-state index in [4.69, 9.17) is 7.85 Å². The molecule has 96 valence electrons. The van der Waals surface area contributed by atoms with Gasteiger partial charge in [-0.05, 0) is 47.4 Å². The van der Waals surface area contributed by atoms with Gasteiger partial charge in [0, 0.05) is 4.88 Å². The largest absolute Gasteiger partial charge is 0.207 e. The van der Waals surface area contributed by atoms with Gasteiger partial charge in [-0.2, -0.15) is 0 Å². The molecule has 2 radical (unpaired) electrons. The van der Waals surface area contributed by atoms with Gasteiger partial charge in [-0.15, -0.1) is 11.3 Å². The highest BCUT2D eigenvalue weighted by molar-refractivity contribution is 7.13. The van der Waals surface area contributed by atoms with Crippen molar-refractivity contribution in [2.75, 3.05) is 0 Å². The third-order valence-corrected chi connectivity index (χ3v) is 4.94. The van der Waals surface area contributed by atoms with Gasteiger partial charge in [-0.3, -0.25) is 0 Å². The van der Waals surface area contributed by atoms with E-state index < -0.39 is 0 Å². The van der Waals surface area contributed by atoms with Gasteiger partial charge in [0.15, 0.2) is 0 Å². The highest BCUT2D eigenvalue weighted by Crippen LogP contribution is 2.39. The number of halogens is 1. The average molecular weight is 270 g/mol. The predicted molar refractivity (Wildman–Crippen MR) is 80.4 cm³/mol. The van der Waals surface area contributed by atoms with E-state index in [9.17, 15) is 4.39 Å². The van der Waals surface area contributed by atoms with Crippen LogP contribution < -0.4 is 0 Å². The van der Waals surface area contributed by atoms with Crippen LogP contribution in [0.2, 0.25) is 5.82 Å². The van der Waals surface area contributed by atoms with Crippen LogP contribution in [0.25, 0.3) is 10.4 Å². The minimum Gasteiger partial charge on any atom is -0.207 e. The molecule has 0 N–H and O–H groups in total. The summed E-state index contributed by atoms with van der Waals surface area (Å²) in [4.78, 5) is 1.12. The van der Waals surface area contributed by atoms with Crippen molar-refractivity contribution < 1.29 is 4.39 Å². The molecule has 0 bridgehead atoms. The van der Waals surface area contributed by atoms with Gasteiger partial charge >= 0.3 is 0 Å². The Morgan fingerprint density at radius 1 is 1.11 bits per heavy atom. The minimum absolute atomic E-state index is 0.0635. The number of thiophene rings is 1. The van der Waals surface area contributed by atoms with Crippen molar-refractivity contribution in [1.29, 1.82) is 0 Å². The quantitative estimate of drug-likeness (QED) is 0.660. The van der Waals surface area contributed by atoms with Gasteiger partial charge in [-0.25, -0.2) is 4.39 Å². The molecule has 0 aliphatic heterocycles. The van der Waals surface area contributed by atoms with Crippen LogP contribution in [0.5, 0.6) is 0 Å². The van der Waals surface area contributed by atoms with Crippen LogP contribution in [0, 0.1) is 5.82 Å². The molecule has 0 unspecified atom stereocenters. The maximum Gasteiger partial charge on any atom is 0.127 e. The standard InChI is InChI=1S/C16H16BFS/c17-13-6-3-11(4-7-13)14-8-5-12(10-15(14)18)16-2-1-9-19-16/h1-2,5,8-11,13H,3-4,6-7H2. The molecular weight excluding hydrogens is 254 g/mol. The second-order valence-electron chi connectivity index (χ2n) is 5.33. The van der Waals surface area contributed by atoms with Crippen LogP contribution in [0.1, 0.15) is 37.2 Å². The molecular formula is C16H16BFS. The lowest BCUT2D eigenvalue weighted by molar-refractivity contribution is 0.430. The Bertz CT molecular complexity index is 542. The summed E-state index contributed by atoms with van der Waals surface area (Å²) in [6.45, 7) is 0. The zero-order valence-electron chi connectivity index (χ0n) is 10.8. The van der Waals surface area contributed by atoms with Crippen LogP contribution in [0.15, 0.2) is 35.7 Å². The molecule has 0 nitrogen and oxygen atoms in total. The molecule has 2 aromatic rings. The van der Waals surface area contributed by atoms with Gasteiger partial charge in [0.25, 0.3) is 0 Å². The monoisotopic (exact) mass is 270 g/mol. The maximum absolute atomic E-state index is 14.3. The Kier molecular flexibility index (Phi) is 3.74. The van der Waals surface area contributed by atoms with Gasteiger partial charge in [0.2, 0.25) is 0 Å². The van der Waals surface area contributed by atoms with E-state index in [0.717, 1.165) is 41.7 Å². The lowest BCUT2D eigenvalue weighted by atomic mass is 9.70. The Morgan fingerprint density at radius 3 is 2.53 bits per heavy atom. The Hall–Kier alpha value is -1.09. The summed E-state index contributed by atoms with van der Waals surface area (Å²) >= 11 is 1.64. The second-order valence-corrected chi connectivity index (χ2v) is 6.27. The molecule has 1 aliphatic carbocycles. The van der Waals surface area contributed by atoms with E-state index in [-0.39, 0.29) is 5.82 Å². The third-order valence-electron chi connectivity index (χ3n) is 4.02. The molecule has 1 heterocycles. The summed E-state index contributed by atoms with van der Waals surface area (Å²) in [6.07, 6.45) is 4.04. The number of hydrogen-bond donors (Lipinski definition) is 0. The molecule has 19 heavy (non-hydrogen) atoms. The van der Waals surface area contributed by atoms with Crippen LogP contribution >= 0.6 is 11.3 Å². The van der Waals surface area contributed by atoms with Crippen molar-refractivity contribution in [3.8, 4) is 10.4 Å². The Morgan fingerprint density at radius 2 is 1.89 bits per heavy atom. The van der Waals surface area contributed by atoms with Gasteiger partial charge in [-0.1, -0.05) is 36.9 Å². The summed E-state index contributed by atoms with van der Waals surface area (Å²) in [5, 5.41) is 2.02. The maximum atomic E-state index is 14.3. The summed E-state index contributed by atoms with van der Waals surface area (Å²) < 4.78 is 14.3. The fourth-order valence-corrected chi connectivity index (χ4v) is 3.61. The van der Waals surface area contributed by atoms with Crippen molar-refractivity contribution in [3.05, 3.63) is 47.1 Å². The van der Waals surface area contributed by atoms with Crippen molar-refractivity contribution in [2.45, 2.75) is 37.4 Å². The Balaban J connectivity index is 1.84. The summed E-state index contributed by atoms with van der Waals surface area (Å²) in [7, 11) is 5.91. The van der Waals surface area contributed by atoms with E-state index in [1.54, 1.807) is 17.4 Å². The minimum atomic E-state index is -0.0635. The number of hydrogen-bond acceptors (Lipinski definition) is 1. The van der Waals surface area contributed by atoms with Crippen LogP contribution in [0.3, 0.4) is 0 Å². The third kappa shape index (κ3) is 2.76. The summed E-state index contributed by atoms with van der Waals surface area (Å²) in [5.41, 5.74) is 1.84. The van der Waals surface area contributed by atoms with Crippen LogP contribution in [0.4, 0.5) is 4.39 Å². The average Bonchev–Trinajstić information content (AvgIpc) is 2.94. The lowest BCUT2D eigenvalue weighted by Gasteiger charge is -2.27. The van der Waals surface area contributed by atoms with Crippen molar-refractivity contribution in [3.63, 3.8) is 0 Å². The fourth-order valence-electron chi connectivity index (χ4n) is 2.88. The fraction of sp³-hybridized carbons (Fsp3) is 0.375. The normalized spacial score (nSPS) is 23.4. The highest BCUT2D eigenvalue weighted by Gasteiger charge is 2.22. The van der Waals surface area contributed by atoms with Gasteiger partial charge in [0.1, 0.15) is 5.82 Å². The van der Waals surface area contributed by atoms with E-state index in [1.165, 1.54) is 0 Å². The van der Waals surface area contributed by atoms with E-state index in [1.807, 2.05) is 29.6 Å². The molecule has 1 aliphatic rings. The molecule has 1 aromatic carbocycles. The number of benzene rings is 1. The van der Waals surface area contributed by atoms with Crippen molar-refractivity contribution in [1.82, 2.24) is 0 Å². The molecule has 0 atom stereocenters. The first-order valence-electron chi connectivity index (χ1n) is 6.83. The molecule has 0 amide bonds. The van der Waals surface area contributed by atoms with Crippen molar-refractivity contribution >= 4 is 19.2 Å². The van der Waals surface area contributed by atoms with E-state index in [0.29, 0.717) is 11.7 Å². The molecule has 3 heteroatoms. The highest BCUT2D eigenvalue weighted by atomic mass is 32.1. The summed E-state index contributed by atoms with van der Waals surface area (Å²) in [5.74, 6) is 0.591. The van der Waals surface area contributed by atoms with Crippen LogP contribution in [-0.4, -0.2) is 7.85 Å². The first-order chi connectivity index (χ1) is 9.24. The molecule has 0 spiro atoms. The zero-order chi connectivity index (χ0) is 13.2. The molecule has 1 aromatic heterocycles. The number of rotatable bonds is 2. The Labute approximate surface area is 119 Å². The first kappa shape index (κ1) is 12.9. The van der Waals surface area contributed by atoms with Gasteiger partial charge in [0.05, 0.1) is 7.85 Å². The molecule has 3 rings (SSSR count).